The Bertz CT molecular complexity index is 887. The molecule has 0 saturated carbocycles. The van der Waals surface area contributed by atoms with Gasteiger partial charge in [-0.3, -0.25) is 0 Å². The Morgan fingerprint density at radius 3 is 2.46 bits per heavy atom. The van der Waals surface area contributed by atoms with Crippen molar-refractivity contribution in [3.8, 4) is 0 Å². The van der Waals surface area contributed by atoms with E-state index >= 15 is 0 Å². The first-order valence-corrected chi connectivity index (χ1v) is 9.20. The number of esters is 1. The Morgan fingerprint density at radius 2 is 1.85 bits per heavy atom. The molecule has 0 amide bonds. The fourth-order valence-corrected chi connectivity index (χ4v) is 3.04. The second kappa shape index (κ2) is 7.98. The van der Waals surface area contributed by atoms with Gasteiger partial charge in [-0.1, -0.05) is 23.7 Å². The van der Waals surface area contributed by atoms with Crippen LogP contribution >= 0.6 is 24.2 Å². The predicted molar refractivity (Wildman–Crippen MR) is 109 cm³/mol. The van der Waals surface area contributed by atoms with Crippen LogP contribution < -0.4 is 4.90 Å². The summed E-state index contributed by atoms with van der Waals surface area (Å²) in [6, 6.07) is 13.2. The Morgan fingerprint density at radius 1 is 1.15 bits per heavy atom. The van der Waals surface area contributed by atoms with Gasteiger partial charge < -0.3 is 9.64 Å². The molecule has 0 atom stereocenters. The van der Waals surface area contributed by atoms with Gasteiger partial charge in [0.1, 0.15) is 0 Å². The Labute approximate surface area is 163 Å². The van der Waals surface area contributed by atoms with Gasteiger partial charge in [0.15, 0.2) is 5.70 Å². The molecule has 2 aromatic rings. The number of nitrogens with zero attached hydrogens (tertiary/aromatic N) is 2. The minimum absolute atomic E-state index is 0.257. The zero-order chi connectivity index (χ0) is 18.7. The summed E-state index contributed by atoms with van der Waals surface area (Å²) >= 11 is 10.3. The number of benzene rings is 2. The molecule has 0 aliphatic carbocycles. The maximum Gasteiger partial charge on any atom is 0.363 e. The van der Waals surface area contributed by atoms with Gasteiger partial charge in [0.25, 0.3) is 0 Å². The van der Waals surface area contributed by atoms with Gasteiger partial charge in [-0.2, -0.15) is 0 Å². The Balaban J connectivity index is 1.85. The van der Waals surface area contributed by atoms with Crippen molar-refractivity contribution >= 4 is 47.9 Å². The van der Waals surface area contributed by atoms with Gasteiger partial charge in [0, 0.05) is 29.2 Å². The van der Waals surface area contributed by atoms with Crippen molar-refractivity contribution in [3.63, 3.8) is 0 Å². The Hall–Kier alpha value is -2.24. The highest BCUT2D eigenvalue weighted by Gasteiger charge is 2.24. The third-order valence-electron chi connectivity index (χ3n) is 4.14. The predicted octanol–water partition coefficient (Wildman–Crippen LogP) is 4.82. The molecular formula is C20H19ClN2O2S. The van der Waals surface area contributed by atoms with Gasteiger partial charge >= 0.3 is 5.97 Å². The molecule has 1 aliphatic heterocycles. The van der Waals surface area contributed by atoms with Crippen LogP contribution in [-0.2, 0) is 9.53 Å². The molecule has 1 heterocycles. The van der Waals surface area contributed by atoms with E-state index in [4.69, 9.17) is 16.3 Å². The normalized spacial score (nSPS) is 15.2. The monoisotopic (exact) mass is 386 g/mol. The van der Waals surface area contributed by atoms with E-state index < -0.39 is 5.97 Å². The molecule has 0 fully saturated rings. The molecule has 0 saturated heterocycles. The van der Waals surface area contributed by atoms with Crippen molar-refractivity contribution in [2.75, 3.05) is 18.0 Å². The zero-order valence-electron chi connectivity index (χ0n) is 14.6. The number of hydrogen-bond acceptors (Lipinski definition) is 5. The van der Waals surface area contributed by atoms with E-state index in [1.54, 1.807) is 24.3 Å². The van der Waals surface area contributed by atoms with Gasteiger partial charge in [0.2, 0.25) is 5.90 Å². The first kappa shape index (κ1) is 18.5. The lowest BCUT2D eigenvalue weighted by Gasteiger charge is -2.20. The van der Waals surface area contributed by atoms with Crippen LogP contribution in [0.4, 0.5) is 5.69 Å². The summed E-state index contributed by atoms with van der Waals surface area (Å²) in [7, 11) is 0. The van der Waals surface area contributed by atoms with Gasteiger partial charge in [-0.15, -0.1) is 12.6 Å². The third kappa shape index (κ3) is 3.94. The summed E-state index contributed by atoms with van der Waals surface area (Å²) in [5.41, 5.74) is 2.97. The zero-order valence-corrected chi connectivity index (χ0v) is 16.2. The van der Waals surface area contributed by atoms with Crippen LogP contribution in [0.3, 0.4) is 0 Å². The van der Waals surface area contributed by atoms with E-state index in [9.17, 15) is 4.79 Å². The maximum absolute atomic E-state index is 12.1. The van der Waals surface area contributed by atoms with Crippen LogP contribution in [-0.4, -0.2) is 25.0 Å². The van der Waals surface area contributed by atoms with Crippen LogP contribution in [0.2, 0.25) is 5.02 Å². The molecule has 6 heteroatoms. The van der Waals surface area contributed by atoms with Gasteiger partial charge in [-0.25, -0.2) is 9.79 Å². The van der Waals surface area contributed by atoms with Crippen LogP contribution in [0.25, 0.3) is 6.08 Å². The van der Waals surface area contributed by atoms with Crippen molar-refractivity contribution in [3.05, 3.63) is 64.3 Å². The minimum atomic E-state index is -0.469. The second-order valence-corrected chi connectivity index (χ2v) is 6.66. The number of halogens is 1. The van der Waals surface area contributed by atoms with E-state index in [1.807, 2.05) is 24.3 Å². The molecule has 2 aromatic carbocycles. The summed E-state index contributed by atoms with van der Waals surface area (Å²) < 4.78 is 5.28. The largest absolute Gasteiger partial charge is 0.402 e. The molecule has 4 nitrogen and oxygen atoms in total. The number of ether oxygens (including phenoxy) is 1. The van der Waals surface area contributed by atoms with E-state index in [-0.39, 0.29) is 11.6 Å². The fraction of sp³-hybridized carbons (Fsp3) is 0.200. The first-order chi connectivity index (χ1) is 12.5. The van der Waals surface area contributed by atoms with Crippen LogP contribution in [0, 0.1) is 0 Å². The molecule has 0 bridgehead atoms. The lowest BCUT2D eigenvalue weighted by Crippen LogP contribution is -2.21. The first-order valence-electron chi connectivity index (χ1n) is 8.38. The molecule has 0 aromatic heterocycles. The average molecular weight is 387 g/mol. The van der Waals surface area contributed by atoms with Crippen LogP contribution in [0.5, 0.6) is 0 Å². The molecule has 0 N–H and O–H groups in total. The highest BCUT2D eigenvalue weighted by Crippen LogP contribution is 2.25. The summed E-state index contributed by atoms with van der Waals surface area (Å²) in [5.74, 6) is -0.212. The van der Waals surface area contributed by atoms with E-state index in [1.165, 1.54) is 0 Å². The molecule has 3 rings (SSSR count). The topological polar surface area (TPSA) is 41.9 Å². The van der Waals surface area contributed by atoms with Crippen molar-refractivity contribution in [1.82, 2.24) is 0 Å². The number of hydrogen-bond donors (Lipinski definition) is 1. The number of cyclic esters (lactones) is 1. The van der Waals surface area contributed by atoms with E-state index in [0.29, 0.717) is 15.5 Å². The van der Waals surface area contributed by atoms with Crippen molar-refractivity contribution in [2.45, 2.75) is 18.7 Å². The molecule has 0 spiro atoms. The second-order valence-electron chi connectivity index (χ2n) is 5.77. The summed E-state index contributed by atoms with van der Waals surface area (Å²) in [5, 5.41) is 0.533. The number of rotatable bonds is 5. The quantitative estimate of drug-likeness (QED) is 0.455. The number of anilines is 1. The lowest BCUT2D eigenvalue weighted by molar-refractivity contribution is -0.129. The van der Waals surface area contributed by atoms with Gasteiger partial charge in [-0.05, 0) is 55.8 Å². The lowest BCUT2D eigenvalue weighted by atomic mass is 10.1. The number of carbonyl (C=O) groups is 1. The van der Waals surface area contributed by atoms with Gasteiger partial charge in [0.05, 0.1) is 5.02 Å². The summed E-state index contributed by atoms with van der Waals surface area (Å²) in [4.78, 5) is 19.3. The van der Waals surface area contributed by atoms with Crippen LogP contribution in [0.1, 0.15) is 25.0 Å². The smallest absolute Gasteiger partial charge is 0.363 e. The number of aliphatic imine (C=N–C) groups is 1. The standard InChI is InChI=1S/C20H19ClN2O2S/c1-3-23(4-2)15-8-5-13(6-9-15)11-17-20(24)25-19(22-17)14-7-10-16(21)18(26)12-14/h5-12,26H,3-4H2,1-2H3. The molecule has 26 heavy (non-hydrogen) atoms. The fourth-order valence-electron chi connectivity index (χ4n) is 2.71. The molecule has 134 valence electrons. The summed E-state index contributed by atoms with van der Waals surface area (Å²) in [6.45, 7) is 6.14. The molecule has 0 unspecified atom stereocenters. The third-order valence-corrected chi connectivity index (χ3v) is 4.97. The van der Waals surface area contributed by atoms with E-state index in [2.05, 4.69) is 36.4 Å². The molecule has 0 radical (unpaired) electrons. The maximum atomic E-state index is 12.1. The Kier molecular flexibility index (Phi) is 5.69. The highest BCUT2D eigenvalue weighted by molar-refractivity contribution is 7.80. The number of carbonyl (C=O) groups excluding carboxylic acids is 1. The highest BCUT2D eigenvalue weighted by atomic mass is 35.5. The molecule has 1 aliphatic rings. The number of thiol groups is 1. The van der Waals surface area contributed by atoms with Crippen molar-refractivity contribution in [1.29, 1.82) is 0 Å². The summed E-state index contributed by atoms with van der Waals surface area (Å²) in [6.07, 6.45) is 1.72. The molecular weight excluding hydrogens is 368 g/mol. The SMILES string of the molecule is CCN(CC)c1ccc(C=C2N=C(c3ccc(Cl)c(S)c3)OC2=O)cc1. The van der Waals surface area contributed by atoms with E-state index in [0.717, 1.165) is 24.3 Å². The van der Waals surface area contributed by atoms with Crippen molar-refractivity contribution in [2.24, 2.45) is 4.99 Å². The minimum Gasteiger partial charge on any atom is -0.402 e. The van der Waals surface area contributed by atoms with Crippen molar-refractivity contribution < 1.29 is 9.53 Å². The average Bonchev–Trinajstić information content (AvgIpc) is 3.00. The van der Waals surface area contributed by atoms with Crippen LogP contribution in [0.15, 0.2) is 58.0 Å².